The van der Waals surface area contributed by atoms with Gasteiger partial charge in [-0.25, -0.2) is 13.2 Å². The molecule has 4 rings (SSSR count). The number of sulfone groups is 1. The lowest BCUT2D eigenvalue weighted by Gasteiger charge is -2.37. The maximum Gasteiger partial charge on any atom is 0.326 e. The number of thioether (sulfide) groups is 1. The minimum Gasteiger partial charge on any atom is -0.480 e. The number of hydrogen-bond acceptors (Lipinski definition) is 8. The number of benzene rings is 3. The molecule has 2 unspecified atom stereocenters. The first-order valence-electron chi connectivity index (χ1n) is 18.1. The Bertz CT molecular complexity index is 1760. The SMILES string of the molecule is CCCCC1(CCCC)CN(c2ccccc2)c2cc(SC)c(ONC(=O)CC(C(=O)NC(CC(C)C)C(=O)O)c3ccccc3)cc2S(=O)(=O)C1. The van der Waals surface area contributed by atoms with Crippen LogP contribution in [0.3, 0.4) is 0 Å². The molecule has 52 heavy (non-hydrogen) atoms. The lowest BCUT2D eigenvalue weighted by Crippen LogP contribution is -2.44. The molecule has 12 heteroatoms. The number of carboxylic acids is 1. The summed E-state index contributed by atoms with van der Waals surface area (Å²) in [5.41, 5.74) is 3.99. The monoisotopic (exact) mass is 751 g/mol. The van der Waals surface area contributed by atoms with Gasteiger partial charge in [-0.2, -0.15) is 5.48 Å². The van der Waals surface area contributed by atoms with Crippen LogP contribution in [0.2, 0.25) is 0 Å². The number of hydroxylamine groups is 1. The van der Waals surface area contributed by atoms with Crippen molar-refractivity contribution < 1.29 is 32.7 Å². The summed E-state index contributed by atoms with van der Waals surface area (Å²) >= 11 is 1.36. The van der Waals surface area contributed by atoms with Crippen LogP contribution in [0.15, 0.2) is 82.6 Å². The van der Waals surface area contributed by atoms with Gasteiger partial charge >= 0.3 is 5.97 Å². The minimum atomic E-state index is -3.81. The second-order valence-corrected chi connectivity index (χ2v) is 17.0. The molecule has 0 radical (unpaired) electrons. The molecule has 282 valence electrons. The number of rotatable bonds is 18. The zero-order chi connectivity index (χ0) is 37.9. The fourth-order valence-electron chi connectivity index (χ4n) is 6.90. The predicted molar refractivity (Wildman–Crippen MR) is 207 cm³/mol. The third kappa shape index (κ3) is 10.5. The number of para-hydroxylation sites is 1. The molecule has 0 spiro atoms. The Morgan fingerprint density at radius 1 is 0.962 bits per heavy atom. The maximum atomic E-state index is 14.4. The largest absolute Gasteiger partial charge is 0.480 e. The zero-order valence-corrected chi connectivity index (χ0v) is 32.5. The first-order chi connectivity index (χ1) is 24.8. The summed E-state index contributed by atoms with van der Waals surface area (Å²) in [4.78, 5) is 47.6. The molecule has 1 aliphatic rings. The molecule has 0 saturated carbocycles. The molecule has 10 nitrogen and oxygen atoms in total. The highest BCUT2D eigenvalue weighted by atomic mass is 32.2. The van der Waals surface area contributed by atoms with Gasteiger partial charge in [-0.05, 0) is 55.2 Å². The number of carbonyl (C=O) groups is 3. The number of nitrogens with zero attached hydrogens (tertiary/aromatic N) is 1. The van der Waals surface area contributed by atoms with Gasteiger partial charge in [-0.3, -0.25) is 9.59 Å². The molecule has 2 atom stereocenters. The van der Waals surface area contributed by atoms with E-state index in [-0.39, 0.29) is 35.2 Å². The Morgan fingerprint density at radius 2 is 1.58 bits per heavy atom. The van der Waals surface area contributed by atoms with Crippen molar-refractivity contribution in [3.8, 4) is 5.75 Å². The Balaban J connectivity index is 1.67. The average molecular weight is 752 g/mol. The van der Waals surface area contributed by atoms with Crippen LogP contribution in [0.5, 0.6) is 5.75 Å². The van der Waals surface area contributed by atoms with Gasteiger partial charge in [0.25, 0.3) is 5.91 Å². The third-order valence-electron chi connectivity index (χ3n) is 9.55. The lowest BCUT2D eigenvalue weighted by atomic mass is 9.79. The molecule has 3 N–H and O–H groups in total. The molecule has 1 heterocycles. The highest BCUT2D eigenvalue weighted by molar-refractivity contribution is 7.98. The molecular weight excluding hydrogens is 699 g/mol. The van der Waals surface area contributed by atoms with Gasteiger partial charge in [-0.15, -0.1) is 11.8 Å². The summed E-state index contributed by atoms with van der Waals surface area (Å²) in [6, 6.07) is 20.7. The Morgan fingerprint density at radius 3 is 2.13 bits per heavy atom. The van der Waals surface area contributed by atoms with Gasteiger partial charge in [0.05, 0.1) is 27.1 Å². The van der Waals surface area contributed by atoms with Gasteiger partial charge < -0.3 is 20.2 Å². The van der Waals surface area contributed by atoms with Gasteiger partial charge in [0.15, 0.2) is 15.6 Å². The van der Waals surface area contributed by atoms with Crippen LogP contribution in [0.4, 0.5) is 11.4 Å². The van der Waals surface area contributed by atoms with E-state index in [1.165, 1.54) is 17.8 Å². The number of carbonyl (C=O) groups excluding carboxylic acids is 2. The highest BCUT2D eigenvalue weighted by Gasteiger charge is 2.42. The highest BCUT2D eigenvalue weighted by Crippen LogP contribution is 2.47. The quantitative estimate of drug-likeness (QED) is 0.0874. The minimum absolute atomic E-state index is 0.00274. The van der Waals surface area contributed by atoms with Crippen LogP contribution in [0.1, 0.15) is 90.5 Å². The van der Waals surface area contributed by atoms with Crippen molar-refractivity contribution in [2.24, 2.45) is 11.3 Å². The second-order valence-electron chi connectivity index (χ2n) is 14.2. The molecule has 1 aliphatic heterocycles. The van der Waals surface area contributed by atoms with Gasteiger partial charge in [0.2, 0.25) is 5.91 Å². The van der Waals surface area contributed by atoms with Crippen molar-refractivity contribution >= 4 is 50.8 Å². The van der Waals surface area contributed by atoms with E-state index in [4.69, 9.17) is 4.84 Å². The van der Waals surface area contributed by atoms with Crippen molar-refractivity contribution in [2.45, 2.75) is 101 Å². The van der Waals surface area contributed by atoms with E-state index in [2.05, 4.69) is 29.5 Å². The number of unbranched alkanes of at least 4 members (excludes halogenated alkanes) is 2. The standard InChI is InChI=1S/C40H53N3O7S2/c1-6-8-20-40(21-9-7-2)26-43(30-18-14-11-15-19-30)33-24-35(51-5)34(25-36(33)52(48,49)27-40)50-42-37(44)23-31(29-16-12-10-13-17-29)38(45)41-32(39(46)47)22-28(3)4/h10-19,24-25,28,31-32H,6-9,20-23,26-27H2,1-5H3,(H,41,45)(H,42,44)(H,46,47). The molecule has 0 fully saturated rings. The van der Waals surface area contributed by atoms with Crippen molar-refractivity contribution in [1.82, 2.24) is 10.8 Å². The van der Waals surface area contributed by atoms with Crippen molar-refractivity contribution in [2.75, 3.05) is 23.5 Å². The first kappa shape index (κ1) is 40.7. The molecule has 0 bridgehead atoms. The van der Waals surface area contributed by atoms with E-state index in [0.717, 1.165) is 44.2 Å². The first-order valence-corrected chi connectivity index (χ1v) is 21.0. The molecule has 0 saturated heterocycles. The number of carboxylic acid groups (broad SMARTS) is 1. The number of anilines is 2. The van der Waals surface area contributed by atoms with Crippen LogP contribution in [-0.2, 0) is 24.2 Å². The molecule has 3 aromatic carbocycles. The van der Waals surface area contributed by atoms with Gasteiger partial charge in [0, 0.05) is 30.1 Å². The normalized spacial score (nSPS) is 15.9. The van der Waals surface area contributed by atoms with Crippen LogP contribution < -0.4 is 20.5 Å². The molecule has 0 aliphatic carbocycles. The summed E-state index contributed by atoms with van der Waals surface area (Å²) in [6.45, 7) is 8.54. The summed E-state index contributed by atoms with van der Waals surface area (Å²) in [5, 5.41) is 12.3. The fraction of sp³-hybridized carbons (Fsp3) is 0.475. The van der Waals surface area contributed by atoms with E-state index in [1.807, 2.05) is 56.5 Å². The van der Waals surface area contributed by atoms with Crippen LogP contribution >= 0.6 is 11.8 Å². The Labute approximate surface area is 313 Å². The van der Waals surface area contributed by atoms with E-state index in [0.29, 0.717) is 22.7 Å². The molecule has 3 aromatic rings. The van der Waals surface area contributed by atoms with E-state index in [1.54, 1.807) is 30.3 Å². The molecule has 2 amide bonds. The zero-order valence-electron chi connectivity index (χ0n) is 30.9. The predicted octanol–water partition coefficient (Wildman–Crippen LogP) is 7.90. The number of fused-ring (bicyclic) bond motifs is 1. The maximum absolute atomic E-state index is 14.4. The van der Waals surface area contributed by atoms with Crippen molar-refractivity contribution in [1.29, 1.82) is 0 Å². The van der Waals surface area contributed by atoms with Crippen LogP contribution in [-0.4, -0.2) is 55.9 Å². The number of amides is 2. The van der Waals surface area contributed by atoms with Gasteiger partial charge in [0.1, 0.15) is 6.04 Å². The lowest BCUT2D eigenvalue weighted by molar-refractivity contribution is -0.142. The average Bonchev–Trinajstić information content (AvgIpc) is 3.22. The van der Waals surface area contributed by atoms with Crippen molar-refractivity contribution in [3.05, 3.63) is 78.4 Å². The molecule has 0 aromatic heterocycles. The van der Waals surface area contributed by atoms with Crippen LogP contribution in [0, 0.1) is 11.3 Å². The number of hydrogen-bond donors (Lipinski definition) is 3. The Hall–Kier alpha value is -4.03. The third-order valence-corrected chi connectivity index (χ3v) is 12.3. The van der Waals surface area contributed by atoms with Crippen molar-refractivity contribution in [3.63, 3.8) is 0 Å². The summed E-state index contributed by atoms with van der Waals surface area (Å²) in [7, 11) is -3.81. The smallest absolute Gasteiger partial charge is 0.326 e. The summed E-state index contributed by atoms with van der Waals surface area (Å²) in [5.74, 6) is -3.17. The Kier molecular flexibility index (Phi) is 14.6. The van der Waals surface area contributed by atoms with Gasteiger partial charge in [-0.1, -0.05) is 102 Å². The summed E-state index contributed by atoms with van der Waals surface area (Å²) in [6.07, 6.45) is 7.10. The molecular formula is C40H53N3O7S2. The topological polar surface area (TPSA) is 142 Å². The van der Waals surface area contributed by atoms with E-state index < -0.39 is 45.0 Å². The summed E-state index contributed by atoms with van der Waals surface area (Å²) < 4.78 is 28.8. The van der Waals surface area contributed by atoms with E-state index in [9.17, 15) is 27.9 Å². The fourth-order valence-corrected chi connectivity index (χ4v) is 9.54. The number of nitrogens with one attached hydrogen (secondary N) is 2. The second kappa shape index (κ2) is 18.6. The number of aliphatic carboxylic acids is 1. The van der Waals surface area contributed by atoms with E-state index >= 15 is 0 Å². The van der Waals surface area contributed by atoms with Crippen LogP contribution in [0.25, 0.3) is 0 Å².